The van der Waals surface area contributed by atoms with Gasteiger partial charge in [-0.3, -0.25) is 5.43 Å². The van der Waals surface area contributed by atoms with Gasteiger partial charge in [0, 0.05) is 30.0 Å². The van der Waals surface area contributed by atoms with Crippen molar-refractivity contribution in [2.24, 2.45) is 5.84 Å². The normalized spacial score (nSPS) is 9.62. The summed E-state index contributed by atoms with van der Waals surface area (Å²) in [7, 11) is 3.13. The van der Waals surface area contributed by atoms with Crippen LogP contribution >= 0.6 is 0 Å². The Balaban J connectivity index is 2.35. The van der Waals surface area contributed by atoms with Crippen molar-refractivity contribution in [3.05, 3.63) is 30.0 Å². The Labute approximate surface area is 121 Å². The maximum absolute atomic E-state index is 8.94. The average Bonchev–Trinajstić information content (AvgIpc) is 2.53. The van der Waals surface area contributed by atoms with Gasteiger partial charge < -0.3 is 14.8 Å². The van der Waals surface area contributed by atoms with Crippen LogP contribution in [0.2, 0.25) is 0 Å². The minimum Gasteiger partial charge on any atom is -0.497 e. The van der Waals surface area contributed by atoms with Crippen molar-refractivity contribution in [1.29, 1.82) is 5.26 Å². The molecule has 1 aromatic carbocycles. The van der Waals surface area contributed by atoms with E-state index in [9.17, 15) is 0 Å². The predicted octanol–water partition coefficient (Wildman–Crippen LogP) is 1.39. The molecule has 0 saturated heterocycles. The highest BCUT2D eigenvalue weighted by molar-refractivity contribution is 5.62. The number of methoxy groups -OCH3 is 2. The van der Waals surface area contributed by atoms with Gasteiger partial charge >= 0.3 is 0 Å². The Morgan fingerprint density at radius 1 is 1.10 bits per heavy atom. The maximum atomic E-state index is 8.94. The van der Waals surface area contributed by atoms with Crippen LogP contribution in [0.5, 0.6) is 11.5 Å². The fraction of sp³-hybridized carbons (Fsp3) is 0.154. The van der Waals surface area contributed by atoms with Crippen molar-refractivity contribution in [1.82, 2.24) is 9.97 Å². The molecule has 0 radical (unpaired) electrons. The molecule has 0 spiro atoms. The first-order chi connectivity index (χ1) is 10.2. The molecule has 0 aliphatic carbocycles. The lowest BCUT2D eigenvalue weighted by Gasteiger charge is -2.11. The maximum Gasteiger partial charge on any atom is 0.240 e. The molecule has 2 rings (SSSR count). The van der Waals surface area contributed by atoms with Gasteiger partial charge in [0.15, 0.2) is 0 Å². The quantitative estimate of drug-likeness (QED) is 0.557. The lowest BCUT2D eigenvalue weighted by Crippen LogP contribution is -2.12. The zero-order valence-corrected chi connectivity index (χ0v) is 11.5. The average molecular weight is 286 g/mol. The summed E-state index contributed by atoms with van der Waals surface area (Å²) in [4.78, 5) is 8.00. The number of ether oxygens (including phenoxy) is 2. The Hall–Kier alpha value is -3.05. The van der Waals surface area contributed by atoms with Gasteiger partial charge in [0.1, 0.15) is 29.1 Å². The first-order valence-corrected chi connectivity index (χ1v) is 5.94. The lowest BCUT2D eigenvalue weighted by atomic mass is 10.2. The number of nitrogens with zero attached hydrogens (tertiary/aromatic N) is 3. The number of benzene rings is 1. The van der Waals surface area contributed by atoms with E-state index < -0.39 is 0 Å². The zero-order chi connectivity index (χ0) is 15.2. The minimum absolute atomic E-state index is 0.145. The van der Waals surface area contributed by atoms with Gasteiger partial charge in [-0.1, -0.05) is 0 Å². The van der Waals surface area contributed by atoms with Crippen LogP contribution in [0.1, 0.15) is 5.69 Å². The molecule has 1 aromatic heterocycles. The van der Waals surface area contributed by atoms with Gasteiger partial charge in [-0.25, -0.2) is 10.8 Å². The van der Waals surface area contributed by atoms with Crippen molar-refractivity contribution < 1.29 is 9.47 Å². The molecule has 8 nitrogen and oxygen atoms in total. The van der Waals surface area contributed by atoms with Gasteiger partial charge in [0.2, 0.25) is 5.95 Å². The van der Waals surface area contributed by atoms with Crippen LogP contribution in [0.3, 0.4) is 0 Å². The summed E-state index contributed by atoms with van der Waals surface area (Å²) in [6, 6.07) is 8.73. The van der Waals surface area contributed by atoms with Crippen molar-refractivity contribution in [3.63, 3.8) is 0 Å². The zero-order valence-electron chi connectivity index (χ0n) is 11.5. The van der Waals surface area contributed by atoms with Crippen LogP contribution in [0.25, 0.3) is 0 Å². The van der Waals surface area contributed by atoms with Crippen molar-refractivity contribution in [3.8, 4) is 17.6 Å². The number of hydrogen-bond acceptors (Lipinski definition) is 8. The molecule has 0 unspecified atom stereocenters. The number of nitriles is 1. The molecule has 0 atom stereocenters. The molecule has 1 heterocycles. The summed E-state index contributed by atoms with van der Waals surface area (Å²) in [5.74, 6) is 7.10. The standard InChI is InChI=1S/C13H14N6O2/c1-20-10-3-8(4-11(6-10)21-2)16-12-5-9(7-14)17-13(18-12)19-15/h3-6H,15H2,1-2H3,(H2,16,17,18,19). The number of nitrogens with one attached hydrogen (secondary N) is 2. The molecule has 0 aliphatic heterocycles. The second-order valence-electron chi connectivity index (χ2n) is 3.94. The smallest absolute Gasteiger partial charge is 0.240 e. The fourth-order valence-corrected chi connectivity index (χ4v) is 1.66. The molecule has 108 valence electrons. The van der Waals surface area contributed by atoms with Crippen LogP contribution < -0.4 is 26.1 Å². The number of nitrogen functional groups attached to an aromatic ring is 1. The number of hydrogen-bond donors (Lipinski definition) is 3. The van der Waals surface area contributed by atoms with Crippen LogP contribution in [0.15, 0.2) is 24.3 Å². The molecule has 2 aromatic rings. The van der Waals surface area contributed by atoms with E-state index in [1.54, 1.807) is 32.4 Å². The van der Waals surface area contributed by atoms with Crippen molar-refractivity contribution in [2.75, 3.05) is 25.0 Å². The van der Waals surface area contributed by atoms with E-state index in [0.717, 1.165) is 0 Å². The van der Waals surface area contributed by atoms with Crippen LogP contribution in [-0.4, -0.2) is 24.2 Å². The van der Waals surface area contributed by atoms with Gasteiger partial charge in [-0.05, 0) is 0 Å². The van der Waals surface area contributed by atoms with E-state index in [1.165, 1.54) is 6.07 Å². The Bertz CT molecular complexity index is 661. The first kappa shape index (κ1) is 14.4. The molecular formula is C13H14N6O2. The summed E-state index contributed by atoms with van der Waals surface area (Å²) in [6.07, 6.45) is 0. The molecule has 0 aliphatic rings. The largest absolute Gasteiger partial charge is 0.497 e. The summed E-state index contributed by atoms with van der Waals surface area (Å²) >= 11 is 0. The van der Waals surface area contributed by atoms with E-state index in [0.29, 0.717) is 23.0 Å². The third kappa shape index (κ3) is 3.49. The van der Waals surface area contributed by atoms with Gasteiger partial charge in [-0.15, -0.1) is 0 Å². The number of hydrazine groups is 1. The van der Waals surface area contributed by atoms with Crippen molar-refractivity contribution >= 4 is 17.5 Å². The van der Waals surface area contributed by atoms with E-state index >= 15 is 0 Å². The molecule has 21 heavy (non-hydrogen) atoms. The molecule has 0 bridgehead atoms. The summed E-state index contributed by atoms with van der Waals surface area (Å²) in [5, 5.41) is 12.0. The number of aromatic nitrogens is 2. The molecule has 4 N–H and O–H groups in total. The van der Waals surface area contributed by atoms with Crippen LogP contribution in [-0.2, 0) is 0 Å². The summed E-state index contributed by atoms with van der Waals surface area (Å²) < 4.78 is 10.4. The topological polar surface area (TPSA) is 118 Å². The predicted molar refractivity (Wildman–Crippen MR) is 77.4 cm³/mol. The highest BCUT2D eigenvalue weighted by Crippen LogP contribution is 2.27. The highest BCUT2D eigenvalue weighted by Gasteiger charge is 2.06. The third-order valence-electron chi connectivity index (χ3n) is 2.59. The number of anilines is 3. The monoisotopic (exact) mass is 286 g/mol. The fourth-order valence-electron chi connectivity index (χ4n) is 1.66. The first-order valence-electron chi connectivity index (χ1n) is 5.94. The second-order valence-corrected chi connectivity index (χ2v) is 3.94. The molecule has 0 saturated carbocycles. The molecule has 0 fully saturated rings. The van der Waals surface area contributed by atoms with Gasteiger partial charge in [-0.2, -0.15) is 10.2 Å². The van der Waals surface area contributed by atoms with Crippen LogP contribution in [0.4, 0.5) is 17.5 Å². The highest BCUT2D eigenvalue weighted by atomic mass is 16.5. The van der Waals surface area contributed by atoms with E-state index in [1.807, 2.05) is 6.07 Å². The molecule has 8 heteroatoms. The molecular weight excluding hydrogens is 272 g/mol. The van der Waals surface area contributed by atoms with Crippen molar-refractivity contribution in [2.45, 2.75) is 0 Å². The Kier molecular flexibility index (Phi) is 4.38. The van der Waals surface area contributed by atoms with Gasteiger partial charge in [0.05, 0.1) is 14.2 Å². The summed E-state index contributed by atoms with van der Waals surface area (Å²) in [5.41, 5.74) is 3.19. The van der Waals surface area contributed by atoms with E-state index in [4.69, 9.17) is 20.6 Å². The lowest BCUT2D eigenvalue weighted by molar-refractivity contribution is 0.395. The van der Waals surface area contributed by atoms with E-state index in [-0.39, 0.29) is 11.6 Å². The molecule has 0 amide bonds. The van der Waals surface area contributed by atoms with E-state index in [2.05, 4.69) is 20.7 Å². The Morgan fingerprint density at radius 2 is 1.76 bits per heavy atom. The SMILES string of the molecule is COc1cc(Nc2cc(C#N)nc(NN)n2)cc(OC)c1. The van der Waals surface area contributed by atoms with Gasteiger partial charge in [0.25, 0.3) is 0 Å². The summed E-state index contributed by atoms with van der Waals surface area (Å²) in [6.45, 7) is 0. The Morgan fingerprint density at radius 3 is 2.29 bits per heavy atom. The third-order valence-corrected chi connectivity index (χ3v) is 2.59. The minimum atomic E-state index is 0.145. The number of nitrogens with two attached hydrogens (primary N) is 1. The van der Waals surface area contributed by atoms with Crippen LogP contribution in [0, 0.1) is 11.3 Å². The number of rotatable bonds is 5. The second kappa shape index (κ2) is 6.40.